The van der Waals surface area contributed by atoms with Crippen molar-refractivity contribution in [3.8, 4) is 11.8 Å². The van der Waals surface area contributed by atoms with E-state index in [0.717, 1.165) is 11.4 Å². The van der Waals surface area contributed by atoms with Crippen LogP contribution in [0.5, 0.6) is 11.8 Å². The molecule has 0 aliphatic rings. The van der Waals surface area contributed by atoms with Crippen LogP contribution in [0, 0.1) is 13.8 Å². The Labute approximate surface area is 178 Å². The van der Waals surface area contributed by atoms with Gasteiger partial charge in [-0.25, -0.2) is 15.0 Å². The van der Waals surface area contributed by atoms with Gasteiger partial charge in [0.2, 0.25) is 5.91 Å². The monoisotopic (exact) mass is 415 g/mol. The summed E-state index contributed by atoms with van der Waals surface area (Å²) in [6.07, 6.45) is 0.359. The molecule has 0 aliphatic heterocycles. The highest BCUT2D eigenvalue weighted by molar-refractivity contribution is 5.91. The molecule has 8 nitrogen and oxygen atoms in total. The number of para-hydroxylation sites is 2. The average molecular weight is 415 g/mol. The van der Waals surface area contributed by atoms with E-state index < -0.39 is 0 Å². The number of carbonyl (C=O) groups excluding carboxylic acids is 1. The van der Waals surface area contributed by atoms with Gasteiger partial charge in [0.1, 0.15) is 11.4 Å². The number of ether oxygens (including phenoxy) is 1. The normalized spacial score (nSPS) is 10.8. The zero-order valence-corrected chi connectivity index (χ0v) is 17.2. The Morgan fingerprint density at radius 1 is 1.00 bits per heavy atom. The number of hydrogen-bond donors (Lipinski definition) is 2. The predicted molar refractivity (Wildman–Crippen MR) is 117 cm³/mol. The molecular formula is C23H21N5O3. The van der Waals surface area contributed by atoms with Crippen LogP contribution in [0.3, 0.4) is 0 Å². The van der Waals surface area contributed by atoms with Gasteiger partial charge in [0, 0.05) is 36.0 Å². The maximum Gasteiger partial charge on any atom is 0.322 e. The van der Waals surface area contributed by atoms with Crippen molar-refractivity contribution in [2.45, 2.75) is 26.7 Å². The fourth-order valence-electron chi connectivity index (χ4n) is 3.17. The summed E-state index contributed by atoms with van der Waals surface area (Å²) in [4.78, 5) is 40.3. The van der Waals surface area contributed by atoms with Crippen LogP contribution in [-0.4, -0.2) is 25.8 Å². The molecule has 0 bridgehead atoms. The van der Waals surface area contributed by atoms with Crippen LogP contribution in [0.1, 0.15) is 23.5 Å². The molecule has 0 atom stereocenters. The Bertz CT molecular complexity index is 1300. The van der Waals surface area contributed by atoms with Gasteiger partial charge in [-0.2, -0.15) is 0 Å². The summed E-state index contributed by atoms with van der Waals surface area (Å²) < 4.78 is 5.72. The number of amides is 1. The van der Waals surface area contributed by atoms with E-state index in [4.69, 9.17) is 4.74 Å². The largest absolute Gasteiger partial charge is 0.424 e. The number of benzene rings is 2. The molecular weight excluding hydrogens is 394 g/mol. The minimum Gasteiger partial charge on any atom is -0.424 e. The number of aromatic nitrogens is 4. The van der Waals surface area contributed by atoms with Gasteiger partial charge in [0.05, 0.1) is 11.0 Å². The molecule has 1 amide bonds. The van der Waals surface area contributed by atoms with Crippen molar-refractivity contribution >= 4 is 22.6 Å². The van der Waals surface area contributed by atoms with Crippen molar-refractivity contribution in [2.24, 2.45) is 0 Å². The van der Waals surface area contributed by atoms with Crippen LogP contribution >= 0.6 is 0 Å². The van der Waals surface area contributed by atoms with Gasteiger partial charge in [0.25, 0.3) is 5.56 Å². The number of carbonyl (C=O) groups is 1. The second-order valence-electron chi connectivity index (χ2n) is 7.14. The lowest BCUT2D eigenvalue weighted by atomic mass is 10.2. The van der Waals surface area contributed by atoms with Crippen LogP contribution in [0.25, 0.3) is 11.0 Å². The molecule has 156 valence electrons. The van der Waals surface area contributed by atoms with Crippen LogP contribution in [0.15, 0.2) is 59.4 Å². The van der Waals surface area contributed by atoms with Gasteiger partial charge in [-0.15, -0.1) is 0 Å². The quantitative estimate of drug-likeness (QED) is 0.497. The van der Waals surface area contributed by atoms with E-state index in [1.165, 1.54) is 0 Å². The Kier molecular flexibility index (Phi) is 5.70. The third-order valence-corrected chi connectivity index (χ3v) is 4.55. The molecule has 0 radical (unpaired) electrons. The molecule has 0 saturated carbocycles. The maximum atomic E-state index is 12.4. The summed E-state index contributed by atoms with van der Waals surface area (Å²) in [5.41, 5.74) is 3.61. The maximum absolute atomic E-state index is 12.4. The summed E-state index contributed by atoms with van der Waals surface area (Å²) in [5.74, 6) is 0.282. The van der Waals surface area contributed by atoms with E-state index in [1.807, 2.05) is 38.1 Å². The minimum atomic E-state index is -0.282. The number of anilines is 1. The first kappa shape index (κ1) is 20.2. The fourth-order valence-corrected chi connectivity index (χ4v) is 3.17. The van der Waals surface area contributed by atoms with Crippen LogP contribution in [0.2, 0.25) is 0 Å². The number of rotatable bonds is 6. The van der Waals surface area contributed by atoms with Crippen molar-refractivity contribution in [3.63, 3.8) is 0 Å². The number of nitrogens with zero attached hydrogens (tertiary/aromatic N) is 3. The Hall–Kier alpha value is -4.07. The first-order valence-corrected chi connectivity index (χ1v) is 9.84. The molecule has 0 aliphatic carbocycles. The molecule has 2 N–H and O–H groups in total. The zero-order chi connectivity index (χ0) is 21.8. The van der Waals surface area contributed by atoms with E-state index in [9.17, 15) is 9.59 Å². The van der Waals surface area contributed by atoms with Crippen LogP contribution in [-0.2, 0) is 11.2 Å². The Morgan fingerprint density at radius 2 is 1.77 bits per heavy atom. The standard InChI is InChI=1S/C23H21N5O3/c1-14-12-15(2)25-23(24-14)31-17-7-5-6-16(13-17)26-21(29)11-10-20-22(30)28-19-9-4-3-8-18(19)27-20/h3-9,12-13H,10-11H2,1-2H3,(H,26,29)(H,28,30). The number of hydrogen-bond acceptors (Lipinski definition) is 6. The first-order chi connectivity index (χ1) is 15.0. The van der Waals surface area contributed by atoms with E-state index in [0.29, 0.717) is 28.2 Å². The first-order valence-electron chi connectivity index (χ1n) is 9.84. The molecule has 0 saturated heterocycles. The van der Waals surface area contributed by atoms with Gasteiger partial charge >= 0.3 is 6.01 Å². The Morgan fingerprint density at radius 3 is 2.58 bits per heavy atom. The van der Waals surface area contributed by atoms with Crippen LogP contribution in [0.4, 0.5) is 5.69 Å². The Balaban J connectivity index is 1.40. The number of aryl methyl sites for hydroxylation is 3. The molecule has 4 aromatic rings. The molecule has 8 heteroatoms. The molecule has 31 heavy (non-hydrogen) atoms. The highest BCUT2D eigenvalue weighted by Crippen LogP contribution is 2.22. The van der Waals surface area contributed by atoms with E-state index in [2.05, 4.69) is 25.3 Å². The summed E-state index contributed by atoms with van der Waals surface area (Å²) in [7, 11) is 0. The van der Waals surface area contributed by atoms with Gasteiger partial charge < -0.3 is 15.0 Å². The number of fused-ring (bicyclic) bond motifs is 1. The molecule has 2 heterocycles. The topological polar surface area (TPSA) is 110 Å². The van der Waals surface area contributed by atoms with Crippen molar-refractivity contribution < 1.29 is 9.53 Å². The third kappa shape index (κ3) is 5.11. The van der Waals surface area contributed by atoms with E-state index >= 15 is 0 Å². The number of nitrogens with one attached hydrogen (secondary N) is 2. The second-order valence-corrected chi connectivity index (χ2v) is 7.14. The summed E-state index contributed by atoms with van der Waals surface area (Å²) in [6, 6.07) is 16.4. The molecule has 4 rings (SSSR count). The summed E-state index contributed by atoms with van der Waals surface area (Å²) >= 11 is 0. The molecule has 0 unspecified atom stereocenters. The lowest BCUT2D eigenvalue weighted by Crippen LogP contribution is -2.19. The highest BCUT2D eigenvalue weighted by Gasteiger charge is 2.10. The third-order valence-electron chi connectivity index (χ3n) is 4.55. The molecule has 2 aromatic carbocycles. The molecule has 2 aromatic heterocycles. The van der Waals surface area contributed by atoms with Crippen molar-refractivity contribution in [3.05, 3.63) is 82.0 Å². The van der Waals surface area contributed by atoms with Gasteiger partial charge in [-0.1, -0.05) is 18.2 Å². The summed E-state index contributed by atoms with van der Waals surface area (Å²) in [6.45, 7) is 3.74. The SMILES string of the molecule is Cc1cc(C)nc(Oc2cccc(NC(=O)CCc3nc4ccccc4[nH]c3=O)c2)n1. The predicted octanol–water partition coefficient (Wildman–Crippen LogP) is 3.69. The zero-order valence-electron chi connectivity index (χ0n) is 17.2. The smallest absolute Gasteiger partial charge is 0.322 e. The number of aromatic amines is 1. The van der Waals surface area contributed by atoms with Crippen molar-refractivity contribution in [1.29, 1.82) is 0 Å². The lowest BCUT2D eigenvalue weighted by Gasteiger charge is -2.09. The van der Waals surface area contributed by atoms with E-state index in [-0.39, 0.29) is 30.3 Å². The van der Waals surface area contributed by atoms with Crippen molar-refractivity contribution in [2.75, 3.05) is 5.32 Å². The van der Waals surface area contributed by atoms with Gasteiger partial charge in [-0.05, 0) is 44.2 Å². The fraction of sp³-hybridized carbons (Fsp3) is 0.174. The minimum absolute atomic E-state index is 0.125. The van der Waals surface area contributed by atoms with Crippen LogP contribution < -0.4 is 15.6 Å². The molecule has 0 spiro atoms. The van der Waals surface area contributed by atoms with Gasteiger partial charge in [0.15, 0.2) is 0 Å². The molecule has 0 fully saturated rings. The lowest BCUT2D eigenvalue weighted by molar-refractivity contribution is -0.116. The van der Waals surface area contributed by atoms with Gasteiger partial charge in [-0.3, -0.25) is 9.59 Å². The summed E-state index contributed by atoms with van der Waals surface area (Å²) in [5, 5.41) is 2.82. The highest BCUT2D eigenvalue weighted by atomic mass is 16.5. The van der Waals surface area contributed by atoms with E-state index in [1.54, 1.807) is 30.3 Å². The number of H-pyrrole nitrogens is 1. The average Bonchev–Trinajstić information content (AvgIpc) is 2.71. The van der Waals surface area contributed by atoms with Crippen molar-refractivity contribution in [1.82, 2.24) is 19.9 Å². The second kappa shape index (κ2) is 8.74.